The van der Waals surface area contributed by atoms with Crippen LogP contribution in [-0.2, 0) is 11.0 Å². The standard InChI is InChI=1S/C21H18F3N3OS/c22-21(23,24)17-9-5-4-6-15(17)14-18-19(28)25-20(29-18)27-12-10-26(11-13-27)16-7-2-1-3-8-16/h1-9,14H,10-13H2. The van der Waals surface area contributed by atoms with Crippen LogP contribution in [0.4, 0.5) is 18.9 Å². The van der Waals surface area contributed by atoms with Crippen LogP contribution in [0.25, 0.3) is 6.08 Å². The van der Waals surface area contributed by atoms with Gasteiger partial charge in [0.15, 0.2) is 5.17 Å². The molecule has 4 nitrogen and oxygen atoms in total. The van der Waals surface area contributed by atoms with Gasteiger partial charge in [-0.2, -0.15) is 18.2 Å². The Labute approximate surface area is 170 Å². The van der Waals surface area contributed by atoms with E-state index in [1.165, 1.54) is 24.3 Å². The number of hydrogen-bond acceptors (Lipinski definition) is 4. The molecule has 1 amide bonds. The lowest BCUT2D eigenvalue weighted by molar-refractivity contribution is -0.137. The first kappa shape index (κ1) is 19.6. The van der Waals surface area contributed by atoms with Gasteiger partial charge in [-0.1, -0.05) is 36.4 Å². The third-order valence-electron chi connectivity index (χ3n) is 4.83. The number of amides is 1. The molecule has 0 atom stereocenters. The summed E-state index contributed by atoms with van der Waals surface area (Å²) in [5.74, 6) is -0.493. The molecular weight excluding hydrogens is 399 g/mol. The Bertz CT molecular complexity index is 965. The molecule has 1 fully saturated rings. The molecule has 0 aromatic heterocycles. The molecule has 150 valence electrons. The number of piperazine rings is 1. The maximum atomic E-state index is 13.2. The maximum Gasteiger partial charge on any atom is 0.416 e. The average Bonchev–Trinajstić information content (AvgIpc) is 3.09. The molecule has 0 saturated carbocycles. The van der Waals surface area contributed by atoms with E-state index in [1.807, 2.05) is 23.1 Å². The maximum absolute atomic E-state index is 13.2. The number of benzene rings is 2. The van der Waals surface area contributed by atoms with Crippen molar-refractivity contribution >= 4 is 34.6 Å². The zero-order chi connectivity index (χ0) is 20.4. The fourth-order valence-corrected chi connectivity index (χ4v) is 4.31. The predicted molar refractivity (Wildman–Crippen MR) is 110 cm³/mol. The normalized spacial score (nSPS) is 19.1. The van der Waals surface area contributed by atoms with Crippen LogP contribution in [0.5, 0.6) is 0 Å². The van der Waals surface area contributed by atoms with Crippen LogP contribution >= 0.6 is 11.8 Å². The van der Waals surface area contributed by atoms with Crippen LogP contribution in [0.2, 0.25) is 0 Å². The number of carbonyl (C=O) groups excluding carboxylic acids is 1. The lowest BCUT2D eigenvalue weighted by atomic mass is 10.1. The van der Waals surface area contributed by atoms with Crippen LogP contribution < -0.4 is 4.90 Å². The minimum Gasteiger partial charge on any atom is -0.368 e. The van der Waals surface area contributed by atoms with Crippen molar-refractivity contribution < 1.29 is 18.0 Å². The van der Waals surface area contributed by atoms with Crippen molar-refractivity contribution in [1.82, 2.24) is 4.90 Å². The second kappa shape index (κ2) is 7.94. The molecule has 8 heteroatoms. The first-order valence-electron chi connectivity index (χ1n) is 9.15. The van der Waals surface area contributed by atoms with Crippen molar-refractivity contribution in [2.75, 3.05) is 31.1 Å². The summed E-state index contributed by atoms with van der Waals surface area (Å²) >= 11 is 1.14. The van der Waals surface area contributed by atoms with E-state index in [9.17, 15) is 18.0 Å². The van der Waals surface area contributed by atoms with E-state index in [1.54, 1.807) is 0 Å². The van der Waals surface area contributed by atoms with E-state index in [4.69, 9.17) is 0 Å². The summed E-state index contributed by atoms with van der Waals surface area (Å²) in [7, 11) is 0. The summed E-state index contributed by atoms with van der Waals surface area (Å²) in [6.07, 6.45) is -3.19. The first-order chi connectivity index (χ1) is 13.9. The van der Waals surface area contributed by atoms with Crippen LogP contribution in [0.3, 0.4) is 0 Å². The van der Waals surface area contributed by atoms with Gasteiger partial charge in [0.05, 0.1) is 10.5 Å². The van der Waals surface area contributed by atoms with Gasteiger partial charge in [-0.05, 0) is 41.6 Å². The van der Waals surface area contributed by atoms with Crippen molar-refractivity contribution in [3.05, 3.63) is 70.6 Å². The van der Waals surface area contributed by atoms with Gasteiger partial charge in [0, 0.05) is 31.9 Å². The summed E-state index contributed by atoms with van der Waals surface area (Å²) < 4.78 is 39.6. The van der Waals surface area contributed by atoms with Gasteiger partial charge in [-0.3, -0.25) is 4.79 Å². The molecule has 2 aromatic carbocycles. The van der Waals surface area contributed by atoms with Crippen molar-refractivity contribution in [1.29, 1.82) is 0 Å². The number of halogens is 3. The third-order valence-corrected chi connectivity index (χ3v) is 5.88. The van der Waals surface area contributed by atoms with Crippen molar-refractivity contribution in [3.8, 4) is 0 Å². The molecule has 2 aliphatic heterocycles. The molecule has 29 heavy (non-hydrogen) atoms. The summed E-state index contributed by atoms with van der Waals surface area (Å²) in [6.45, 7) is 2.96. The smallest absolute Gasteiger partial charge is 0.368 e. The number of aliphatic imine (C=N–C) groups is 1. The van der Waals surface area contributed by atoms with Crippen molar-refractivity contribution in [2.24, 2.45) is 4.99 Å². The van der Waals surface area contributed by atoms with Gasteiger partial charge in [-0.15, -0.1) is 0 Å². The summed E-state index contributed by atoms with van der Waals surface area (Å²) in [5.41, 5.74) is 0.362. The monoisotopic (exact) mass is 417 g/mol. The lowest BCUT2D eigenvalue weighted by Gasteiger charge is -2.36. The molecule has 0 bridgehead atoms. The number of rotatable bonds is 2. The van der Waals surface area contributed by atoms with E-state index in [0.717, 1.165) is 36.6 Å². The van der Waals surface area contributed by atoms with Crippen molar-refractivity contribution in [2.45, 2.75) is 6.18 Å². The predicted octanol–water partition coefficient (Wildman–Crippen LogP) is 4.50. The van der Waals surface area contributed by atoms with E-state index < -0.39 is 17.6 Å². The number of anilines is 1. The van der Waals surface area contributed by atoms with Gasteiger partial charge in [0.2, 0.25) is 0 Å². The largest absolute Gasteiger partial charge is 0.416 e. The topological polar surface area (TPSA) is 35.9 Å². The number of hydrogen-bond donors (Lipinski definition) is 0. The molecule has 0 N–H and O–H groups in total. The second-order valence-corrected chi connectivity index (χ2v) is 7.71. The van der Waals surface area contributed by atoms with E-state index in [0.29, 0.717) is 18.3 Å². The Morgan fingerprint density at radius 1 is 0.897 bits per heavy atom. The molecule has 4 rings (SSSR count). The highest BCUT2D eigenvalue weighted by Crippen LogP contribution is 2.36. The highest BCUT2D eigenvalue weighted by molar-refractivity contribution is 8.18. The van der Waals surface area contributed by atoms with Crippen LogP contribution in [0, 0.1) is 0 Å². The number of para-hydroxylation sites is 1. The Morgan fingerprint density at radius 3 is 2.21 bits per heavy atom. The second-order valence-electron chi connectivity index (χ2n) is 6.70. The third kappa shape index (κ3) is 4.32. The molecule has 2 heterocycles. The number of carbonyl (C=O) groups is 1. The van der Waals surface area contributed by atoms with E-state index >= 15 is 0 Å². The Kier molecular flexibility index (Phi) is 5.36. The first-order valence-corrected chi connectivity index (χ1v) is 9.97. The molecule has 0 aliphatic carbocycles. The Balaban J connectivity index is 1.45. The molecule has 2 aliphatic rings. The van der Waals surface area contributed by atoms with Crippen LogP contribution in [-0.4, -0.2) is 42.2 Å². The van der Waals surface area contributed by atoms with Gasteiger partial charge in [0.1, 0.15) is 0 Å². The van der Waals surface area contributed by atoms with Gasteiger partial charge in [-0.25, -0.2) is 0 Å². The molecular formula is C21H18F3N3OS. The number of amidine groups is 1. The van der Waals surface area contributed by atoms with Gasteiger partial charge >= 0.3 is 6.18 Å². The minimum atomic E-state index is -4.47. The average molecular weight is 417 g/mol. The quantitative estimate of drug-likeness (QED) is 0.675. The summed E-state index contributed by atoms with van der Waals surface area (Å²) in [5, 5.41) is 0.554. The minimum absolute atomic E-state index is 0.0267. The highest BCUT2D eigenvalue weighted by Gasteiger charge is 2.34. The number of nitrogens with zero attached hydrogens (tertiary/aromatic N) is 3. The SMILES string of the molecule is O=C1N=C(N2CCN(c3ccccc3)CC2)SC1=Cc1ccccc1C(F)(F)F. The Hall–Kier alpha value is -2.74. The summed E-state index contributed by atoms with van der Waals surface area (Å²) in [4.78, 5) is 20.8. The highest BCUT2D eigenvalue weighted by atomic mass is 32.2. The van der Waals surface area contributed by atoms with E-state index in [2.05, 4.69) is 22.0 Å². The van der Waals surface area contributed by atoms with Crippen molar-refractivity contribution in [3.63, 3.8) is 0 Å². The van der Waals surface area contributed by atoms with Gasteiger partial charge < -0.3 is 9.80 Å². The Morgan fingerprint density at radius 2 is 1.52 bits per heavy atom. The zero-order valence-corrected chi connectivity index (χ0v) is 16.2. The van der Waals surface area contributed by atoms with Crippen LogP contribution in [0.15, 0.2) is 64.5 Å². The molecule has 1 saturated heterocycles. The number of alkyl halides is 3. The lowest BCUT2D eigenvalue weighted by Crippen LogP contribution is -2.47. The van der Waals surface area contributed by atoms with Crippen LogP contribution in [0.1, 0.15) is 11.1 Å². The number of thioether (sulfide) groups is 1. The fraction of sp³-hybridized carbons (Fsp3) is 0.238. The summed E-state index contributed by atoms with van der Waals surface area (Å²) in [6, 6.07) is 15.3. The molecule has 0 unspecified atom stereocenters. The molecule has 0 radical (unpaired) electrons. The molecule has 2 aromatic rings. The molecule has 0 spiro atoms. The zero-order valence-electron chi connectivity index (χ0n) is 15.4. The van der Waals surface area contributed by atoms with E-state index in [-0.39, 0.29) is 10.5 Å². The van der Waals surface area contributed by atoms with Gasteiger partial charge in [0.25, 0.3) is 5.91 Å². The fourth-order valence-electron chi connectivity index (χ4n) is 3.35.